The number of rotatable bonds is 7. The second kappa shape index (κ2) is 8.46. The van der Waals surface area contributed by atoms with Gasteiger partial charge in [-0.05, 0) is 43.2 Å². The van der Waals surface area contributed by atoms with Crippen LogP contribution in [0.25, 0.3) is 11.3 Å². The lowest BCUT2D eigenvalue weighted by Crippen LogP contribution is -2.15. The van der Waals surface area contributed by atoms with E-state index in [0.717, 1.165) is 11.1 Å². The monoisotopic (exact) mass is 397 g/mol. The number of anilines is 3. The van der Waals surface area contributed by atoms with Crippen LogP contribution in [0, 0.1) is 29.8 Å². The van der Waals surface area contributed by atoms with Gasteiger partial charge in [-0.1, -0.05) is 0 Å². The number of hydrogen-bond acceptors (Lipinski definition) is 8. The van der Waals surface area contributed by atoms with E-state index < -0.39 is 4.92 Å². The molecule has 3 aromatic rings. The Labute approximate surface area is 166 Å². The largest absolute Gasteiger partial charge is 0.368 e. The van der Waals surface area contributed by atoms with Crippen LogP contribution in [-0.4, -0.2) is 33.0 Å². The number of pyridine rings is 1. The first-order valence-electron chi connectivity index (χ1n) is 8.83. The van der Waals surface area contributed by atoms with Gasteiger partial charge >= 0.3 is 0 Å². The first kappa shape index (κ1) is 19.9. The van der Waals surface area contributed by atoms with Crippen molar-refractivity contribution in [2.45, 2.75) is 13.8 Å². The highest BCUT2D eigenvalue weighted by atomic mass is 19.1. The molecule has 2 aromatic heterocycles. The average molecular weight is 397 g/mol. The highest BCUT2D eigenvalue weighted by molar-refractivity contribution is 5.68. The number of hydrogen-bond donors (Lipinski definition) is 3. The topological polar surface area (TPSA) is 132 Å². The maximum absolute atomic E-state index is 13.7. The van der Waals surface area contributed by atoms with Crippen LogP contribution in [0.4, 0.5) is 27.7 Å². The van der Waals surface area contributed by atoms with E-state index in [0.29, 0.717) is 36.0 Å². The summed E-state index contributed by atoms with van der Waals surface area (Å²) in [7, 11) is 0. The molecule has 0 fully saturated rings. The van der Waals surface area contributed by atoms with Crippen molar-refractivity contribution in [3.05, 3.63) is 63.6 Å². The maximum atomic E-state index is 13.7. The van der Waals surface area contributed by atoms with Gasteiger partial charge in [0.25, 0.3) is 5.69 Å². The Morgan fingerprint density at radius 1 is 1.07 bits per heavy atom. The summed E-state index contributed by atoms with van der Waals surface area (Å²) in [6, 6.07) is 7.88. The fourth-order valence-electron chi connectivity index (χ4n) is 2.73. The summed E-state index contributed by atoms with van der Waals surface area (Å²) < 4.78 is 13.7. The lowest BCUT2D eigenvalue weighted by Gasteiger charge is -2.12. The minimum Gasteiger partial charge on any atom is -0.368 e. The van der Waals surface area contributed by atoms with Crippen molar-refractivity contribution in [2.75, 3.05) is 29.5 Å². The van der Waals surface area contributed by atoms with E-state index in [9.17, 15) is 14.5 Å². The molecule has 0 bridgehead atoms. The number of nitrogen functional groups attached to an aromatic ring is 1. The minimum absolute atomic E-state index is 0.0658. The molecule has 0 saturated carbocycles. The van der Waals surface area contributed by atoms with Crippen molar-refractivity contribution >= 4 is 23.3 Å². The van der Waals surface area contributed by atoms with E-state index in [-0.39, 0.29) is 17.5 Å². The quantitative estimate of drug-likeness (QED) is 0.314. The third kappa shape index (κ3) is 4.92. The van der Waals surface area contributed by atoms with Gasteiger partial charge < -0.3 is 16.4 Å². The molecule has 0 aliphatic heterocycles. The molecule has 0 aliphatic carbocycles. The smallest absolute Gasteiger partial charge is 0.287 e. The number of benzene rings is 1. The lowest BCUT2D eigenvalue weighted by atomic mass is 10.0. The van der Waals surface area contributed by atoms with Gasteiger partial charge in [0, 0.05) is 30.8 Å². The van der Waals surface area contributed by atoms with E-state index in [4.69, 9.17) is 5.73 Å². The molecule has 2 heterocycles. The summed E-state index contributed by atoms with van der Waals surface area (Å²) in [5.41, 5.74) is 8.43. The van der Waals surface area contributed by atoms with Crippen LogP contribution in [0.2, 0.25) is 0 Å². The van der Waals surface area contributed by atoms with Gasteiger partial charge in [0.05, 0.1) is 10.6 Å². The van der Waals surface area contributed by atoms with Gasteiger partial charge in [0.1, 0.15) is 23.6 Å². The molecule has 29 heavy (non-hydrogen) atoms. The number of halogens is 1. The average Bonchev–Trinajstić information content (AvgIpc) is 2.68. The fourth-order valence-corrected chi connectivity index (χ4v) is 2.73. The van der Waals surface area contributed by atoms with E-state index in [2.05, 4.69) is 25.6 Å². The normalized spacial score (nSPS) is 10.6. The Morgan fingerprint density at radius 2 is 1.79 bits per heavy atom. The summed E-state index contributed by atoms with van der Waals surface area (Å²) in [6.07, 6.45) is 1.19. The summed E-state index contributed by atoms with van der Waals surface area (Å²) in [4.78, 5) is 22.5. The van der Waals surface area contributed by atoms with Crippen molar-refractivity contribution in [3.8, 4) is 11.3 Å². The SMILES string of the molecule is Cc1cc(-c2cc(NCCNc3ccc([N+](=O)[O-])cn3)nc(N)n2)c(C)cc1F. The number of nitrogens with two attached hydrogens (primary N) is 1. The molecule has 150 valence electrons. The van der Waals surface area contributed by atoms with Crippen LogP contribution in [0.3, 0.4) is 0 Å². The Balaban J connectivity index is 1.65. The first-order valence-corrected chi connectivity index (χ1v) is 8.83. The van der Waals surface area contributed by atoms with Gasteiger partial charge in [0.2, 0.25) is 5.95 Å². The maximum Gasteiger partial charge on any atom is 0.287 e. The van der Waals surface area contributed by atoms with E-state index >= 15 is 0 Å². The Morgan fingerprint density at radius 3 is 2.45 bits per heavy atom. The first-order chi connectivity index (χ1) is 13.8. The Hall–Kier alpha value is -3.82. The summed E-state index contributed by atoms with van der Waals surface area (Å²) in [6.45, 7) is 4.50. The highest BCUT2D eigenvalue weighted by Crippen LogP contribution is 2.26. The minimum atomic E-state index is -0.500. The van der Waals surface area contributed by atoms with Crippen LogP contribution in [0.1, 0.15) is 11.1 Å². The van der Waals surface area contributed by atoms with Crippen LogP contribution in [-0.2, 0) is 0 Å². The molecule has 9 nitrogen and oxygen atoms in total. The molecule has 0 radical (unpaired) electrons. The van der Waals surface area contributed by atoms with Crippen molar-refractivity contribution in [1.82, 2.24) is 15.0 Å². The van der Waals surface area contributed by atoms with E-state index in [1.165, 1.54) is 18.3 Å². The number of aryl methyl sites for hydroxylation is 2. The second-order valence-electron chi connectivity index (χ2n) is 6.43. The van der Waals surface area contributed by atoms with Gasteiger partial charge in [-0.15, -0.1) is 0 Å². The van der Waals surface area contributed by atoms with Gasteiger partial charge in [-0.25, -0.2) is 14.4 Å². The molecule has 0 atom stereocenters. The zero-order valence-corrected chi connectivity index (χ0v) is 15.9. The van der Waals surface area contributed by atoms with Crippen LogP contribution >= 0.6 is 0 Å². The van der Waals surface area contributed by atoms with Crippen molar-refractivity contribution in [1.29, 1.82) is 0 Å². The van der Waals surface area contributed by atoms with Gasteiger partial charge in [0.15, 0.2) is 0 Å². The summed E-state index contributed by atoms with van der Waals surface area (Å²) >= 11 is 0. The van der Waals surface area contributed by atoms with Crippen molar-refractivity contribution in [2.24, 2.45) is 0 Å². The molecule has 4 N–H and O–H groups in total. The van der Waals surface area contributed by atoms with Crippen molar-refractivity contribution in [3.63, 3.8) is 0 Å². The molecular weight excluding hydrogens is 377 g/mol. The standard InChI is InChI=1S/C19H20FN7O2/c1-11-8-15(20)12(2)7-14(11)16-9-18(26-19(21)25-16)23-6-5-22-17-4-3-13(10-24-17)27(28)29/h3-4,7-10H,5-6H2,1-2H3,(H,22,24)(H3,21,23,25,26). The summed E-state index contributed by atoms with van der Waals surface area (Å²) in [5, 5.41) is 16.8. The number of nitrogens with zero attached hydrogens (tertiary/aromatic N) is 4. The van der Waals surface area contributed by atoms with Gasteiger partial charge in [-0.3, -0.25) is 10.1 Å². The number of aromatic nitrogens is 3. The molecule has 10 heteroatoms. The molecule has 0 saturated heterocycles. The predicted molar refractivity (Wildman–Crippen MR) is 109 cm³/mol. The van der Waals surface area contributed by atoms with Crippen LogP contribution in [0.5, 0.6) is 0 Å². The Bertz CT molecular complexity index is 1040. The van der Waals surface area contributed by atoms with Crippen LogP contribution in [0.15, 0.2) is 36.5 Å². The highest BCUT2D eigenvalue weighted by Gasteiger charge is 2.10. The third-order valence-corrected chi connectivity index (χ3v) is 4.22. The summed E-state index contributed by atoms with van der Waals surface area (Å²) in [5.74, 6) is 0.902. The fraction of sp³-hybridized carbons (Fsp3) is 0.211. The molecular formula is C19H20FN7O2. The predicted octanol–water partition coefficient (Wildman–Crippen LogP) is 3.31. The number of nitro groups is 1. The molecule has 0 amide bonds. The lowest BCUT2D eigenvalue weighted by molar-refractivity contribution is -0.385. The molecule has 1 aromatic carbocycles. The number of nitrogens with one attached hydrogen (secondary N) is 2. The van der Waals surface area contributed by atoms with Gasteiger partial charge in [-0.2, -0.15) is 4.98 Å². The zero-order chi connectivity index (χ0) is 21.0. The second-order valence-corrected chi connectivity index (χ2v) is 6.43. The molecule has 0 unspecified atom stereocenters. The van der Waals surface area contributed by atoms with Crippen LogP contribution < -0.4 is 16.4 Å². The van der Waals surface area contributed by atoms with Crippen molar-refractivity contribution < 1.29 is 9.31 Å². The Kier molecular flexibility index (Phi) is 5.82. The zero-order valence-electron chi connectivity index (χ0n) is 15.9. The molecule has 0 spiro atoms. The molecule has 3 rings (SSSR count). The molecule has 0 aliphatic rings. The van der Waals surface area contributed by atoms with E-state index in [1.807, 2.05) is 6.92 Å². The van der Waals surface area contributed by atoms with E-state index in [1.54, 1.807) is 25.1 Å². The third-order valence-electron chi connectivity index (χ3n) is 4.22.